The Kier molecular flexibility index (Phi) is 4.76. The van der Waals surface area contributed by atoms with Crippen LogP contribution in [0.15, 0.2) is 35.3 Å². The highest BCUT2D eigenvalue weighted by Crippen LogP contribution is 2.34. The first-order chi connectivity index (χ1) is 12.0. The lowest BCUT2D eigenvalue weighted by atomic mass is 10.1. The summed E-state index contributed by atoms with van der Waals surface area (Å²) in [4.78, 5) is 14.6. The number of aliphatic imine (C=N–C) groups is 1. The van der Waals surface area contributed by atoms with Gasteiger partial charge in [0.2, 0.25) is 5.75 Å². The van der Waals surface area contributed by atoms with Crippen molar-refractivity contribution in [2.75, 3.05) is 13.2 Å². The highest BCUT2D eigenvalue weighted by Gasteiger charge is 2.18. The number of rotatable bonds is 4. The molecule has 1 aliphatic rings. The standard InChI is InChI=1S/C17H15ClN2O5/c1-10(11-2-3-15-16(7-11)25-5-4-24-15)19-9-12-6-13(18)8-14(17(12)21)20(22)23/h2-3,6-10,21H,4-5H2,1H3/t10-/m1/s1. The van der Waals surface area contributed by atoms with Gasteiger partial charge in [-0.05, 0) is 30.7 Å². The SMILES string of the molecule is C[C@@H](N=Cc1cc(Cl)cc([N+](=O)[O-])c1O)c1ccc2c(c1)OCCO2. The molecule has 0 saturated heterocycles. The van der Waals surface area contributed by atoms with Gasteiger partial charge in [0.1, 0.15) is 13.2 Å². The van der Waals surface area contributed by atoms with Crippen LogP contribution >= 0.6 is 11.6 Å². The summed E-state index contributed by atoms with van der Waals surface area (Å²) in [6.45, 7) is 2.87. The second kappa shape index (κ2) is 6.98. The molecule has 0 amide bonds. The van der Waals surface area contributed by atoms with Gasteiger partial charge in [0.15, 0.2) is 11.5 Å². The summed E-state index contributed by atoms with van der Waals surface area (Å²) in [5.74, 6) is 0.883. The molecule has 2 aromatic rings. The third-order valence-corrected chi connectivity index (χ3v) is 3.98. The number of nitro benzene ring substituents is 1. The normalized spacial score (nSPS) is 14.5. The lowest BCUT2D eigenvalue weighted by molar-refractivity contribution is -0.385. The molecule has 0 aliphatic carbocycles. The van der Waals surface area contributed by atoms with Gasteiger partial charge in [0, 0.05) is 22.9 Å². The van der Waals surface area contributed by atoms with E-state index in [4.69, 9.17) is 21.1 Å². The van der Waals surface area contributed by atoms with Crippen LogP contribution in [0.25, 0.3) is 0 Å². The van der Waals surface area contributed by atoms with E-state index < -0.39 is 16.4 Å². The van der Waals surface area contributed by atoms with Crippen LogP contribution in [-0.4, -0.2) is 29.5 Å². The van der Waals surface area contributed by atoms with E-state index >= 15 is 0 Å². The average molecular weight is 363 g/mol. The third-order valence-electron chi connectivity index (χ3n) is 3.77. The van der Waals surface area contributed by atoms with Gasteiger partial charge >= 0.3 is 5.69 Å². The summed E-state index contributed by atoms with van der Waals surface area (Å²) in [5.41, 5.74) is 0.612. The summed E-state index contributed by atoms with van der Waals surface area (Å²) < 4.78 is 11.0. The molecule has 1 heterocycles. The Morgan fingerprint density at radius 1 is 1.28 bits per heavy atom. The van der Waals surface area contributed by atoms with Crippen molar-refractivity contribution in [3.63, 3.8) is 0 Å². The topological polar surface area (TPSA) is 94.2 Å². The van der Waals surface area contributed by atoms with Crippen LogP contribution in [0.5, 0.6) is 17.2 Å². The van der Waals surface area contributed by atoms with Crippen LogP contribution in [0.3, 0.4) is 0 Å². The summed E-state index contributed by atoms with van der Waals surface area (Å²) in [5, 5.41) is 21.1. The maximum atomic E-state index is 10.9. The second-order valence-corrected chi connectivity index (χ2v) is 5.91. The van der Waals surface area contributed by atoms with Crippen molar-refractivity contribution in [1.82, 2.24) is 0 Å². The van der Waals surface area contributed by atoms with Gasteiger partial charge in [-0.2, -0.15) is 0 Å². The van der Waals surface area contributed by atoms with Crippen LogP contribution in [0.2, 0.25) is 5.02 Å². The van der Waals surface area contributed by atoms with Crippen molar-refractivity contribution in [2.24, 2.45) is 4.99 Å². The van der Waals surface area contributed by atoms with Gasteiger partial charge in [0.25, 0.3) is 0 Å². The molecule has 3 rings (SSSR count). The zero-order valence-corrected chi connectivity index (χ0v) is 14.1. The molecule has 0 aromatic heterocycles. The Bertz CT molecular complexity index is 853. The Balaban J connectivity index is 1.86. The van der Waals surface area contributed by atoms with E-state index in [1.54, 1.807) is 0 Å². The van der Waals surface area contributed by atoms with Crippen LogP contribution < -0.4 is 9.47 Å². The zero-order valence-electron chi connectivity index (χ0n) is 13.3. The number of ether oxygens (including phenoxy) is 2. The fraction of sp³-hybridized carbons (Fsp3) is 0.235. The Hall–Kier alpha value is -2.80. The van der Waals surface area contributed by atoms with E-state index in [-0.39, 0.29) is 16.6 Å². The first-order valence-corrected chi connectivity index (χ1v) is 7.93. The first kappa shape index (κ1) is 17.0. The molecule has 25 heavy (non-hydrogen) atoms. The lowest BCUT2D eigenvalue weighted by Crippen LogP contribution is -2.15. The number of benzene rings is 2. The number of phenols is 1. The Labute approximate surface area is 148 Å². The highest BCUT2D eigenvalue weighted by molar-refractivity contribution is 6.31. The fourth-order valence-corrected chi connectivity index (χ4v) is 2.66. The monoisotopic (exact) mass is 362 g/mol. The summed E-state index contributed by atoms with van der Waals surface area (Å²) in [7, 11) is 0. The molecule has 0 fully saturated rings. The van der Waals surface area contributed by atoms with Crippen LogP contribution in [-0.2, 0) is 0 Å². The average Bonchev–Trinajstić information content (AvgIpc) is 2.61. The van der Waals surface area contributed by atoms with Crippen molar-refractivity contribution >= 4 is 23.5 Å². The van der Waals surface area contributed by atoms with Gasteiger partial charge in [-0.25, -0.2) is 0 Å². The van der Waals surface area contributed by atoms with Gasteiger partial charge in [-0.15, -0.1) is 0 Å². The van der Waals surface area contributed by atoms with Gasteiger partial charge in [0.05, 0.1) is 11.0 Å². The molecule has 1 N–H and O–H groups in total. The Morgan fingerprint density at radius 3 is 2.72 bits per heavy atom. The number of hydrogen-bond donors (Lipinski definition) is 1. The number of phenolic OH excluding ortho intramolecular Hbond substituents is 1. The molecule has 7 nitrogen and oxygen atoms in total. The minimum atomic E-state index is -0.692. The largest absolute Gasteiger partial charge is 0.502 e. The van der Waals surface area contributed by atoms with Gasteiger partial charge in [-0.3, -0.25) is 15.1 Å². The molecule has 1 atom stereocenters. The summed E-state index contributed by atoms with van der Waals surface area (Å²) in [6.07, 6.45) is 1.37. The molecule has 0 radical (unpaired) electrons. The summed E-state index contributed by atoms with van der Waals surface area (Å²) in [6, 6.07) is 7.79. The van der Waals surface area contributed by atoms with Crippen molar-refractivity contribution in [1.29, 1.82) is 0 Å². The van der Waals surface area contributed by atoms with E-state index in [0.29, 0.717) is 24.7 Å². The number of aromatic hydroxyl groups is 1. The molecule has 8 heteroatoms. The Morgan fingerprint density at radius 2 is 2.00 bits per heavy atom. The van der Waals surface area contributed by atoms with Crippen LogP contribution in [0.4, 0.5) is 5.69 Å². The maximum Gasteiger partial charge on any atom is 0.312 e. The fourth-order valence-electron chi connectivity index (χ4n) is 2.44. The summed E-state index contributed by atoms with van der Waals surface area (Å²) >= 11 is 5.87. The quantitative estimate of drug-likeness (QED) is 0.505. The molecular weight excluding hydrogens is 348 g/mol. The predicted molar refractivity (Wildman–Crippen MR) is 93.2 cm³/mol. The molecule has 0 unspecified atom stereocenters. The second-order valence-electron chi connectivity index (χ2n) is 5.48. The van der Waals surface area contributed by atoms with Crippen molar-refractivity contribution in [2.45, 2.75) is 13.0 Å². The van der Waals surface area contributed by atoms with Crippen molar-refractivity contribution < 1.29 is 19.5 Å². The molecule has 0 saturated carbocycles. The van der Waals surface area contributed by atoms with E-state index in [9.17, 15) is 15.2 Å². The number of hydrogen-bond acceptors (Lipinski definition) is 6. The first-order valence-electron chi connectivity index (χ1n) is 7.55. The van der Waals surface area contributed by atoms with Crippen LogP contribution in [0.1, 0.15) is 24.1 Å². The van der Waals surface area contributed by atoms with E-state index in [1.807, 2.05) is 25.1 Å². The number of fused-ring (bicyclic) bond motifs is 1. The van der Waals surface area contributed by atoms with Crippen molar-refractivity contribution in [3.8, 4) is 17.2 Å². The molecular formula is C17H15ClN2O5. The van der Waals surface area contributed by atoms with Crippen LogP contribution in [0, 0.1) is 10.1 Å². The lowest BCUT2D eigenvalue weighted by Gasteiger charge is -2.19. The van der Waals surface area contributed by atoms with E-state index in [2.05, 4.69) is 4.99 Å². The molecule has 0 bridgehead atoms. The van der Waals surface area contributed by atoms with E-state index in [0.717, 1.165) is 11.6 Å². The number of halogens is 1. The zero-order chi connectivity index (χ0) is 18.0. The molecule has 1 aliphatic heterocycles. The number of nitro groups is 1. The third kappa shape index (κ3) is 3.66. The molecule has 0 spiro atoms. The highest BCUT2D eigenvalue weighted by atomic mass is 35.5. The number of nitrogens with zero attached hydrogens (tertiary/aromatic N) is 2. The smallest absolute Gasteiger partial charge is 0.312 e. The van der Waals surface area contributed by atoms with E-state index in [1.165, 1.54) is 12.3 Å². The maximum absolute atomic E-state index is 10.9. The van der Waals surface area contributed by atoms with Gasteiger partial charge < -0.3 is 14.6 Å². The minimum Gasteiger partial charge on any atom is -0.502 e. The van der Waals surface area contributed by atoms with Crippen molar-refractivity contribution in [3.05, 3.63) is 56.6 Å². The predicted octanol–water partition coefficient (Wildman–Crippen LogP) is 3.91. The molecule has 130 valence electrons. The molecule has 2 aromatic carbocycles. The van der Waals surface area contributed by atoms with Gasteiger partial charge in [-0.1, -0.05) is 17.7 Å². The minimum absolute atomic E-state index is 0.151.